The fourth-order valence-electron chi connectivity index (χ4n) is 1.78. The number of hydrogen-bond acceptors (Lipinski definition) is 2. The van der Waals surface area contributed by atoms with Crippen molar-refractivity contribution in [2.45, 2.75) is 18.9 Å². The maximum Gasteiger partial charge on any atom is 0.121 e. The third kappa shape index (κ3) is 1.90. The molecule has 1 unspecified atom stereocenters. The molecule has 1 atom stereocenters. The van der Waals surface area contributed by atoms with E-state index < -0.39 is 0 Å². The van der Waals surface area contributed by atoms with Crippen LogP contribution in [0.3, 0.4) is 0 Å². The lowest BCUT2D eigenvalue weighted by atomic mass is 10.0. The molecule has 0 bridgehead atoms. The summed E-state index contributed by atoms with van der Waals surface area (Å²) in [5.74, 6) is 0.306. The summed E-state index contributed by atoms with van der Waals surface area (Å²) in [6.45, 7) is 1.01. The topological polar surface area (TPSA) is 32.3 Å². The minimum Gasteiger partial charge on any atom is -0.508 e. The van der Waals surface area contributed by atoms with Crippen LogP contribution in [0.25, 0.3) is 0 Å². The second kappa shape index (κ2) is 4.09. The molecule has 0 spiro atoms. The fourth-order valence-corrected chi connectivity index (χ4v) is 2.28. The summed E-state index contributed by atoms with van der Waals surface area (Å²) < 4.78 is 0.735. The van der Waals surface area contributed by atoms with Crippen LogP contribution >= 0.6 is 27.5 Å². The van der Waals surface area contributed by atoms with Crippen LogP contribution < -0.4 is 5.32 Å². The average molecular weight is 277 g/mol. The number of phenols is 1. The molecule has 1 aromatic rings. The Morgan fingerprint density at radius 2 is 2.29 bits per heavy atom. The van der Waals surface area contributed by atoms with Crippen LogP contribution in [0.1, 0.15) is 24.4 Å². The Bertz CT molecular complexity index is 350. The lowest BCUT2D eigenvalue weighted by Crippen LogP contribution is -2.12. The van der Waals surface area contributed by atoms with Gasteiger partial charge < -0.3 is 10.4 Å². The van der Waals surface area contributed by atoms with E-state index in [-0.39, 0.29) is 6.04 Å². The molecule has 14 heavy (non-hydrogen) atoms. The molecule has 4 heteroatoms. The first kappa shape index (κ1) is 10.3. The molecule has 0 aromatic heterocycles. The molecule has 1 aromatic carbocycles. The third-order valence-electron chi connectivity index (χ3n) is 2.51. The predicted molar refractivity (Wildman–Crippen MR) is 60.8 cm³/mol. The Morgan fingerprint density at radius 1 is 1.50 bits per heavy atom. The Morgan fingerprint density at radius 3 is 2.93 bits per heavy atom. The van der Waals surface area contributed by atoms with E-state index in [1.165, 1.54) is 0 Å². The molecular formula is C10H11BrClNO. The van der Waals surface area contributed by atoms with Crippen molar-refractivity contribution in [3.8, 4) is 5.75 Å². The number of benzene rings is 1. The van der Waals surface area contributed by atoms with Crippen LogP contribution in [-0.4, -0.2) is 11.7 Å². The van der Waals surface area contributed by atoms with E-state index in [0.29, 0.717) is 10.8 Å². The van der Waals surface area contributed by atoms with Crippen LogP contribution in [0.15, 0.2) is 16.6 Å². The number of nitrogens with one attached hydrogen (secondary N) is 1. The van der Waals surface area contributed by atoms with Crippen molar-refractivity contribution in [2.75, 3.05) is 6.54 Å². The van der Waals surface area contributed by atoms with Crippen LogP contribution in [0.2, 0.25) is 5.02 Å². The normalized spacial score (nSPS) is 21.4. The molecule has 1 saturated heterocycles. The van der Waals surface area contributed by atoms with Crippen LogP contribution in [0, 0.1) is 0 Å². The molecule has 1 aliphatic rings. The van der Waals surface area contributed by atoms with E-state index in [4.69, 9.17) is 11.6 Å². The number of aromatic hydroxyl groups is 1. The van der Waals surface area contributed by atoms with Crippen molar-refractivity contribution in [3.63, 3.8) is 0 Å². The summed E-state index contributed by atoms with van der Waals surface area (Å²) in [7, 11) is 0. The second-order valence-electron chi connectivity index (χ2n) is 3.47. The van der Waals surface area contributed by atoms with E-state index in [0.717, 1.165) is 29.4 Å². The predicted octanol–water partition coefficient (Wildman–Crippen LogP) is 3.23. The minimum absolute atomic E-state index is 0.251. The standard InChI is InChI=1S/C10H11BrClNO/c11-7-5-10(14)6(4-8(7)12)9-2-1-3-13-9/h4-5,9,13-14H,1-3H2. The van der Waals surface area contributed by atoms with Gasteiger partial charge in [0.1, 0.15) is 5.75 Å². The molecule has 1 heterocycles. The number of phenolic OH excluding ortho intramolecular Hbond substituents is 1. The SMILES string of the molecule is Oc1cc(Br)c(Cl)cc1C1CCCN1. The highest BCUT2D eigenvalue weighted by Gasteiger charge is 2.20. The first-order valence-corrected chi connectivity index (χ1v) is 5.77. The lowest BCUT2D eigenvalue weighted by Gasteiger charge is -2.13. The molecule has 0 amide bonds. The van der Waals surface area contributed by atoms with Gasteiger partial charge in [-0.3, -0.25) is 0 Å². The first-order valence-electron chi connectivity index (χ1n) is 4.60. The first-order chi connectivity index (χ1) is 6.68. The Labute approximate surface area is 96.4 Å². The van der Waals surface area contributed by atoms with Gasteiger partial charge in [0, 0.05) is 16.1 Å². The van der Waals surface area contributed by atoms with E-state index in [1.54, 1.807) is 6.07 Å². The van der Waals surface area contributed by atoms with Gasteiger partial charge in [-0.05, 0) is 47.4 Å². The molecule has 2 nitrogen and oxygen atoms in total. The van der Waals surface area contributed by atoms with E-state index in [2.05, 4.69) is 21.2 Å². The summed E-state index contributed by atoms with van der Waals surface area (Å²) in [6, 6.07) is 3.72. The minimum atomic E-state index is 0.251. The van der Waals surface area contributed by atoms with Crippen molar-refractivity contribution in [2.24, 2.45) is 0 Å². The summed E-state index contributed by atoms with van der Waals surface area (Å²) in [4.78, 5) is 0. The van der Waals surface area contributed by atoms with Gasteiger partial charge in [0.25, 0.3) is 0 Å². The third-order valence-corrected chi connectivity index (χ3v) is 3.70. The van der Waals surface area contributed by atoms with E-state index in [1.807, 2.05) is 6.07 Å². The van der Waals surface area contributed by atoms with Crippen molar-refractivity contribution in [1.29, 1.82) is 0 Å². The van der Waals surface area contributed by atoms with Gasteiger partial charge in [0.15, 0.2) is 0 Å². The summed E-state index contributed by atoms with van der Waals surface area (Å²) in [5.41, 5.74) is 0.899. The van der Waals surface area contributed by atoms with Crippen LogP contribution in [0.5, 0.6) is 5.75 Å². The van der Waals surface area contributed by atoms with Gasteiger partial charge in [-0.25, -0.2) is 0 Å². The van der Waals surface area contributed by atoms with Gasteiger partial charge >= 0.3 is 0 Å². The molecular weight excluding hydrogens is 265 g/mol. The molecule has 76 valence electrons. The highest BCUT2D eigenvalue weighted by atomic mass is 79.9. The van der Waals surface area contributed by atoms with Gasteiger partial charge in [-0.1, -0.05) is 11.6 Å². The second-order valence-corrected chi connectivity index (χ2v) is 4.74. The quantitative estimate of drug-likeness (QED) is 0.825. The molecule has 2 rings (SSSR count). The van der Waals surface area contributed by atoms with Gasteiger partial charge in [0.05, 0.1) is 5.02 Å². The summed E-state index contributed by atoms with van der Waals surface area (Å²) in [6.07, 6.45) is 2.21. The Hall–Kier alpha value is -0.250. The van der Waals surface area contributed by atoms with Gasteiger partial charge in [-0.15, -0.1) is 0 Å². The molecule has 0 radical (unpaired) electrons. The lowest BCUT2D eigenvalue weighted by molar-refractivity contribution is 0.456. The van der Waals surface area contributed by atoms with Crippen molar-refractivity contribution >= 4 is 27.5 Å². The molecule has 2 N–H and O–H groups in total. The highest BCUT2D eigenvalue weighted by Crippen LogP contribution is 2.36. The zero-order valence-corrected chi connectivity index (χ0v) is 9.90. The maximum atomic E-state index is 9.75. The number of rotatable bonds is 1. The molecule has 1 aliphatic heterocycles. The Balaban J connectivity index is 2.37. The maximum absolute atomic E-state index is 9.75. The van der Waals surface area contributed by atoms with Gasteiger partial charge in [0.2, 0.25) is 0 Å². The highest BCUT2D eigenvalue weighted by molar-refractivity contribution is 9.10. The zero-order chi connectivity index (χ0) is 10.1. The summed E-state index contributed by atoms with van der Waals surface area (Å²) >= 11 is 9.25. The fraction of sp³-hybridized carbons (Fsp3) is 0.400. The number of hydrogen-bond donors (Lipinski definition) is 2. The monoisotopic (exact) mass is 275 g/mol. The van der Waals surface area contributed by atoms with Crippen molar-refractivity contribution < 1.29 is 5.11 Å². The largest absolute Gasteiger partial charge is 0.508 e. The van der Waals surface area contributed by atoms with Crippen LogP contribution in [-0.2, 0) is 0 Å². The van der Waals surface area contributed by atoms with E-state index in [9.17, 15) is 5.11 Å². The average Bonchev–Trinajstić information content (AvgIpc) is 2.64. The number of halogens is 2. The molecule has 0 saturated carbocycles. The Kier molecular flexibility index (Phi) is 3.00. The smallest absolute Gasteiger partial charge is 0.121 e. The van der Waals surface area contributed by atoms with Crippen LogP contribution in [0.4, 0.5) is 0 Å². The molecule has 0 aliphatic carbocycles. The van der Waals surface area contributed by atoms with Crippen molar-refractivity contribution in [1.82, 2.24) is 5.32 Å². The zero-order valence-electron chi connectivity index (χ0n) is 7.56. The van der Waals surface area contributed by atoms with Crippen molar-refractivity contribution in [3.05, 3.63) is 27.2 Å². The van der Waals surface area contributed by atoms with E-state index >= 15 is 0 Å². The molecule has 1 fully saturated rings. The summed E-state index contributed by atoms with van der Waals surface area (Å²) in [5, 5.41) is 13.7. The van der Waals surface area contributed by atoms with Gasteiger partial charge in [-0.2, -0.15) is 0 Å².